The summed E-state index contributed by atoms with van der Waals surface area (Å²) in [4.78, 5) is 9.12. The monoisotopic (exact) mass is 506 g/mol. The Labute approximate surface area is 203 Å². The van der Waals surface area contributed by atoms with E-state index in [1.54, 1.807) is 12.3 Å². The number of pyridine rings is 1. The largest absolute Gasteiger partial charge is 0.416 e. The molecule has 1 saturated heterocycles. The molecule has 1 aliphatic carbocycles. The summed E-state index contributed by atoms with van der Waals surface area (Å²) in [6.45, 7) is 3.16. The molecule has 0 bridgehead atoms. The van der Waals surface area contributed by atoms with Crippen LogP contribution in [0.4, 0.5) is 19.0 Å². The Morgan fingerprint density at radius 2 is 1.60 bits per heavy atom. The zero-order chi connectivity index (χ0) is 24.8. The second-order valence-corrected chi connectivity index (χ2v) is 11.6. The van der Waals surface area contributed by atoms with E-state index in [4.69, 9.17) is 4.98 Å². The fraction of sp³-hybridized carbons (Fsp3) is 0.480. The number of halogens is 3. The van der Waals surface area contributed by atoms with Crippen molar-refractivity contribution in [1.82, 2.24) is 13.9 Å². The fourth-order valence-corrected chi connectivity index (χ4v) is 6.94. The van der Waals surface area contributed by atoms with Crippen molar-refractivity contribution in [3.63, 3.8) is 0 Å². The molecule has 5 rings (SSSR count). The molecule has 0 unspecified atom stereocenters. The van der Waals surface area contributed by atoms with Crippen LogP contribution in [0, 0.1) is 0 Å². The van der Waals surface area contributed by atoms with Crippen molar-refractivity contribution in [3.05, 3.63) is 48.2 Å². The summed E-state index contributed by atoms with van der Waals surface area (Å²) in [5, 5.41) is 0.164. The lowest BCUT2D eigenvalue weighted by Gasteiger charge is -2.33. The van der Waals surface area contributed by atoms with E-state index in [9.17, 15) is 21.6 Å². The van der Waals surface area contributed by atoms with Crippen molar-refractivity contribution >= 4 is 26.9 Å². The van der Waals surface area contributed by atoms with Gasteiger partial charge in [-0.25, -0.2) is 17.4 Å². The lowest BCUT2D eigenvalue weighted by Crippen LogP contribution is -2.44. The molecule has 0 amide bonds. The first kappa shape index (κ1) is 24.1. The Morgan fingerprint density at radius 1 is 0.943 bits per heavy atom. The van der Waals surface area contributed by atoms with Gasteiger partial charge in [-0.05, 0) is 55.3 Å². The number of hydrogen-bond acceptors (Lipinski definition) is 5. The smallest absolute Gasteiger partial charge is 0.354 e. The van der Waals surface area contributed by atoms with Gasteiger partial charge >= 0.3 is 6.18 Å². The average Bonchev–Trinajstić information content (AvgIpc) is 3.29. The number of nitrogens with zero attached hydrogens (tertiary/aromatic N) is 4. The summed E-state index contributed by atoms with van der Waals surface area (Å²) < 4.78 is 67.8. The Hall–Kier alpha value is -2.59. The van der Waals surface area contributed by atoms with E-state index in [1.165, 1.54) is 16.1 Å². The molecule has 35 heavy (non-hydrogen) atoms. The van der Waals surface area contributed by atoms with E-state index in [0.717, 1.165) is 57.6 Å². The first-order valence-electron chi connectivity index (χ1n) is 12.0. The first-order valence-corrected chi connectivity index (χ1v) is 13.5. The van der Waals surface area contributed by atoms with Crippen LogP contribution < -0.4 is 4.90 Å². The molecule has 0 radical (unpaired) electrons. The topological polar surface area (TPSA) is 58.4 Å². The summed E-state index contributed by atoms with van der Waals surface area (Å²) in [6, 6.07) is 8.59. The van der Waals surface area contributed by atoms with E-state index in [-0.39, 0.29) is 0 Å². The van der Waals surface area contributed by atoms with Crippen molar-refractivity contribution in [1.29, 1.82) is 0 Å². The molecule has 1 saturated carbocycles. The van der Waals surface area contributed by atoms with E-state index >= 15 is 0 Å². The van der Waals surface area contributed by atoms with Crippen LogP contribution >= 0.6 is 0 Å². The van der Waals surface area contributed by atoms with Crippen LogP contribution in [0.1, 0.15) is 37.7 Å². The summed E-state index contributed by atoms with van der Waals surface area (Å²) in [5.41, 5.74) is 0.883. The second-order valence-electron chi connectivity index (χ2n) is 9.55. The van der Waals surface area contributed by atoms with Crippen LogP contribution in [0.3, 0.4) is 0 Å². The average molecular weight is 507 g/mol. The third-order valence-electron chi connectivity index (χ3n) is 7.21. The quantitative estimate of drug-likeness (QED) is 0.499. The molecule has 2 fully saturated rings. The van der Waals surface area contributed by atoms with E-state index in [2.05, 4.69) is 9.80 Å². The summed E-state index contributed by atoms with van der Waals surface area (Å²) in [7, 11) is -1.60. The minimum absolute atomic E-state index is 0.335. The highest BCUT2D eigenvalue weighted by Gasteiger charge is 2.32. The van der Waals surface area contributed by atoms with E-state index < -0.39 is 27.0 Å². The summed E-state index contributed by atoms with van der Waals surface area (Å²) >= 11 is 0. The van der Waals surface area contributed by atoms with Gasteiger partial charge in [-0.15, -0.1) is 0 Å². The third-order valence-corrected chi connectivity index (χ3v) is 9.37. The highest BCUT2D eigenvalue weighted by molar-refractivity contribution is 7.90. The molecule has 2 aliphatic rings. The SMILES string of the molecule is CN1CCN(c2cc(-c3ccc(C(F)(F)F)cc3)c3ccn(S(=O)(=O)C4CCCCC4)c3n2)CC1. The van der Waals surface area contributed by atoms with Gasteiger partial charge < -0.3 is 9.80 Å². The Kier molecular flexibility index (Phi) is 6.29. The van der Waals surface area contributed by atoms with Crippen LogP contribution in [0.25, 0.3) is 22.2 Å². The lowest BCUT2D eigenvalue weighted by atomic mass is 10.0. The van der Waals surface area contributed by atoms with Gasteiger partial charge in [0.25, 0.3) is 0 Å². The van der Waals surface area contributed by atoms with Crippen molar-refractivity contribution < 1.29 is 21.6 Å². The van der Waals surface area contributed by atoms with Gasteiger partial charge in [-0.3, -0.25) is 0 Å². The van der Waals surface area contributed by atoms with Crippen LogP contribution in [-0.2, 0) is 16.2 Å². The maximum absolute atomic E-state index is 13.6. The number of benzene rings is 1. The van der Waals surface area contributed by atoms with Crippen molar-refractivity contribution in [3.8, 4) is 11.1 Å². The molecule has 2 aromatic heterocycles. The van der Waals surface area contributed by atoms with Crippen LogP contribution in [0.15, 0.2) is 42.6 Å². The van der Waals surface area contributed by atoms with Crippen LogP contribution in [0.5, 0.6) is 0 Å². The molecule has 6 nitrogen and oxygen atoms in total. The van der Waals surface area contributed by atoms with Crippen LogP contribution in [0.2, 0.25) is 0 Å². The molecule has 1 aromatic carbocycles. The molecular formula is C25H29F3N4O2S. The Bertz CT molecular complexity index is 1300. The number of rotatable bonds is 4. The maximum Gasteiger partial charge on any atom is 0.416 e. The number of fused-ring (bicyclic) bond motifs is 1. The van der Waals surface area contributed by atoms with Gasteiger partial charge in [0, 0.05) is 37.8 Å². The third kappa shape index (κ3) is 4.65. The zero-order valence-corrected chi connectivity index (χ0v) is 20.4. The number of hydrogen-bond donors (Lipinski definition) is 0. The lowest BCUT2D eigenvalue weighted by molar-refractivity contribution is -0.137. The molecule has 0 spiro atoms. The highest BCUT2D eigenvalue weighted by Crippen LogP contribution is 2.36. The number of piperazine rings is 1. The molecule has 3 aromatic rings. The van der Waals surface area contributed by atoms with E-state index in [1.807, 2.05) is 13.1 Å². The number of likely N-dealkylation sites (N-methyl/N-ethyl adjacent to an activating group) is 1. The highest BCUT2D eigenvalue weighted by atomic mass is 32.2. The Balaban J connectivity index is 1.64. The second kappa shape index (κ2) is 9.13. The van der Waals surface area contributed by atoms with Crippen LogP contribution in [-0.4, -0.2) is 60.8 Å². The minimum Gasteiger partial charge on any atom is -0.354 e. The van der Waals surface area contributed by atoms with E-state index in [0.29, 0.717) is 40.8 Å². The van der Waals surface area contributed by atoms with Gasteiger partial charge in [0.05, 0.1) is 10.8 Å². The minimum atomic E-state index is -4.42. The molecule has 10 heteroatoms. The van der Waals surface area contributed by atoms with Crippen molar-refractivity contribution in [2.75, 3.05) is 38.1 Å². The van der Waals surface area contributed by atoms with Gasteiger partial charge in [-0.1, -0.05) is 31.4 Å². The standard InChI is InChI=1S/C25H29F3N4O2S/c1-30-13-15-31(16-14-30)23-17-22(18-7-9-19(10-8-18)25(26,27)28)21-11-12-32(24(21)29-23)35(33,34)20-5-3-2-4-6-20/h7-12,17,20H,2-6,13-16H2,1H3. The van der Waals surface area contributed by atoms with Gasteiger partial charge in [-0.2, -0.15) is 13.2 Å². The first-order chi connectivity index (χ1) is 16.6. The molecule has 0 N–H and O–H groups in total. The normalized spacial score (nSPS) is 18.9. The zero-order valence-electron chi connectivity index (χ0n) is 19.6. The number of anilines is 1. The predicted molar refractivity (Wildman–Crippen MR) is 131 cm³/mol. The molecule has 1 aliphatic heterocycles. The fourth-order valence-electron chi connectivity index (χ4n) is 5.08. The number of aromatic nitrogens is 2. The van der Waals surface area contributed by atoms with Crippen molar-refractivity contribution in [2.24, 2.45) is 0 Å². The summed E-state index contributed by atoms with van der Waals surface area (Å²) in [6.07, 6.45) is 1.21. The maximum atomic E-state index is 13.6. The Morgan fingerprint density at radius 3 is 2.23 bits per heavy atom. The van der Waals surface area contributed by atoms with Gasteiger partial charge in [0.2, 0.25) is 10.0 Å². The number of alkyl halides is 3. The molecule has 0 atom stereocenters. The predicted octanol–water partition coefficient (Wildman–Crippen LogP) is 4.98. The molecule has 188 valence electrons. The molecular weight excluding hydrogens is 477 g/mol. The van der Waals surface area contributed by atoms with Gasteiger partial charge in [0.15, 0.2) is 5.65 Å². The van der Waals surface area contributed by atoms with Gasteiger partial charge in [0.1, 0.15) is 5.82 Å². The summed E-state index contributed by atoms with van der Waals surface area (Å²) in [5.74, 6) is 0.638. The van der Waals surface area contributed by atoms with Crippen molar-refractivity contribution in [2.45, 2.75) is 43.5 Å². The molecule has 3 heterocycles.